The summed E-state index contributed by atoms with van der Waals surface area (Å²) in [6, 6.07) is 6.15. The van der Waals surface area contributed by atoms with Gasteiger partial charge in [0.2, 0.25) is 6.79 Å². The Hall–Kier alpha value is -1.26. The molecule has 28 heavy (non-hydrogen) atoms. The van der Waals surface area contributed by atoms with E-state index in [0.717, 1.165) is 63.4 Å². The Morgan fingerprint density at radius 3 is 2.64 bits per heavy atom. The van der Waals surface area contributed by atoms with Crippen LogP contribution < -0.4 is 20.1 Å². The summed E-state index contributed by atoms with van der Waals surface area (Å²) in [5.74, 6) is 2.50. The zero-order chi connectivity index (χ0) is 19.1. The Bertz CT molecular complexity index is 648. The Kier molecular flexibility index (Phi) is 9.10. The van der Waals surface area contributed by atoms with E-state index in [1.165, 1.54) is 5.56 Å². The Morgan fingerprint density at radius 1 is 1.14 bits per heavy atom. The van der Waals surface area contributed by atoms with E-state index < -0.39 is 0 Å². The molecule has 3 rings (SSSR count). The molecule has 0 aliphatic carbocycles. The van der Waals surface area contributed by atoms with E-state index in [9.17, 15) is 0 Å². The minimum Gasteiger partial charge on any atom is -0.454 e. The lowest BCUT2D eigenvalue weighted by molar-refractivity contribution is 0.0389. The molecule has 2 heterocycles. The molecule has 0 spiro atoms. The van der Waals surface area contributed by atoms with Gasteiger partial charge in [0.1, 0.15) is 0 Å². The first-order chi connectivity index (χ1) is 13.1. The van der Waals surface area contributed by atoms with Gasteiger partial charge in [0.15, 0.2) is 17.5 Å². The molecule has 7 nitrogen and oxygen atoms in total. The number of morpholine rings is 1. The van der Waals surface area contributed by atoms with Gasteiger partial charge in [-0.15, -0.1) is 24.0 Å². The number of halogens is 1. The van der Waals surface area contributed by atoms with Gasteiger partial charge in [-0.2, -0.15) is 0 Å². The number of ether oxygens (including phenoxy) is 3. The minimum atomic E-state index is -0.104. The summed E-state index contributed by atoms with van der Waals surface area (Å²) in [7, 11) is 0. The molecule has 158 valence electrons. The van der Waals surface area contributed by atoms with Crippen molar-refractivity contribution in [3.05, 3.63) is 23.8 Å². The molecule has 0 amide bonds. The SMILES string of the molecule is CCNC(=NCC(C)(C)c1ccc2c(c1)OCO2)NCCN1CCOCC1.I. The fourth-order valence-electron chi connectivity index (χ4n) is 3.18. The van der Waals surface area contributed by atoms with E-state index in [4.69, 9.17) is 19.2 Å². The van der Waals surface area contributed by atoms with Crippen molar-refractivity contribution in [3.8, 4) is 11.5 Å². The molecular weight excluding hydrogens is 471 g/mol. The van der Waals surface area contributed by atoms with Crippen LogP contribution in [-0.4, -0.2) is 70.1 Å². The van der Waals surface area contributed by atoms with Crippen LogP contribution in [0.3, 0.4) is 0 Å². The quantitative estimate of drug-likeness (QED) is 0.337. The van der Waals surface area contributed by atoms with Crippen LogP contribution in [0.1, 0.15) is 26.3 Å². The molecular formula is C20H33IN4O3. The Balaban J connectivity index is 0.00000280. The zero-order valence-electron chi connectivity index (χ0n) is 17.1. The van der Waals surface area contributed by atoms with Crippen LogP contribution in [0.4, 0.5) is 0 Å². The Labute approximate surface area is 185 Å². The van der Waals surface area contributed by atoms with Gasteiger partial charge in [-0.3, -0.25) is 9.89 Å². The third kappa shape index (κ3) is 6.38. The van der Waals surface area contributed by atoms with Crippen LogP contribution in [-0.2, 0) is 10.2 Å². The van der Waals surface area contributed by atoms with Crippen LogP contribution in [0.25, 0.3) is 0 Å². The van der Waals surface area contributed by atoms with Gasteiger partial charge in [0.25, 0.3) is 0 Å². The summed E-state index contributed by atoms with van der Waals surface area (Å²) >= 11 is 0. The topological polar surface area (TPSA) is 67.4 Å². The molecule has 0 unspecified atom stereocenters. The standard InChI is InChI=1S/C20H32N4O3.HI/c1-4-21-19(22-7-8-24-9-11-25-12-10-24)23-14-20(2,3)16-5-6-17-18(13-16)27-15-26-17;/h5-6,13H,4,7-12,14-15H2,1-3H3,(H2,21,22,23);1H. The molecule has 1 aromatic rings. The van der Waals surface area contributed by atoms with Gasteiger partial charge in [0.05, 0.1) is 19.8 Å². The van der Waals surface area contributed by atoms with Crippen LogP contribution >= 0.6 is 24.0 Å². The van der Waals surface area contributed by atoms with E-state index in [1.807, 2.05) is 6.07 Å². The highest BCUT2D eigenvalue weighted by molar-refractivity contribution is 14.0. The summed E-state index contributed by atoms with van der Waals surface area (Å²) in [5.41, 5.74) is 1.09. The van der Waals surface area contributed by atoms with Crippen molar-refractivity contribution in [1.29, 1.82) is 0 Å². The van der Waals surface area contributed by atoms with Crippen LogP contribution in [0, 0.1) is 0 Å². The number of guanidine groups is 1. The average molecular weight is 504 g/mol. The fourth-order valence-corrected chi connectivity index (χ4v) is 3.18. The molecule has 8 heteroatoms. The lowest BCUT2D eigenvalue weighted by Gasteiger charge is -2.27. The van der Waals surface area contributed by atoms with Crippen molar-refractivity contribution in [2.24, 2.45) is 4.99 Å². The highest BCUT2D eigenvalue weighted by Gasteiger charge is 2.24. The maximum absolute atomic E-state index is 5.51. The second kappa shape index (κ2) is 11.1. The van der Waals surface area contributed by atoms with E-state index in [0.29, 0.717) is 13.3 Å². The van der Waals surface area contributed by atoms with Gasteiger partial charge < -0.3 is 24.8 Å². The number of nitrogens with one attached hydrogen (secondary N) is 2. The molecule has 2 aliphatic heterocycles. The Morgan fingerprint density at radius 2 is 1.89 bits per heavy atom. The number of aliphatic imine (C=N–C) groups is 1. The van der Waals surface area contributed by atoms with Crippen molar-refractivity contribution in [3.63, 3.8) is 0 Å². The molecule has 0 aromatic heterocycles. The number of nitrogens with zero attached hydrogens (tertiary/aromatic N) is 2. The fraction of sp³-hybridized carbons (Fsp3) is 0.650. The summed E-state index contributed by atoms with van der Waals surface area (Å²) in [5, 5.41) is 6.78. The van der Waals surface area contributed by atoms with Crippen molar-refractivity contribution in [2.75, 3.05) is 59.3 Å². The number of hydrogen-bond acceptors (Lipinski definition) is 5. The van der Waals surface area contributed by atoms with E-state index in [2.05, 4.69) is 48.4 Å². The van der Waals surface area contributed by atoms with Crippen LogP contribution in [0.5, 0.6) is 11.5 Å². The van der Waals surface area contributed by atoms with Crippen molar-refractivity contribution in [1.82, 2.24) is 15.5 Å². The molecule has 1 fully saturated rings. The number of fused-ring (bicyclic) bond motifs is 1. The molecule has 2 N–H and O–H groups in total. The third-order valence-corrected chi connectivity index (χ3v) is 4.95. The molecule has 1 aromatic carbocycles. The predicted octanol–water partition coefficient (Wildman–Crippen LogP) is 2.20. The van der Waals surface area contributed by atoms with Gasteiger partial charge in [-0.1, -0.05) is 19.9 Å². The molecule has 0 atom stereocenters. The number of benzene rings is 1. The summed E-state index contributed by atoms with van der Waals surface area (Å²) < 4.78 is 16.3. The summed E-state index contributed by atoms with van der Waals surface area (Å²) in [4.78, 5) is 7.23. The van der Waals surface area contributed by atoms with Gasteiger partial charge >= 0.3 is 0 Å². The largest absolute Gasteiger partial charge is 0.454 e. The highest BCUT2D eigenvalue weighted by Crippen LogP contribution is 2.36. The second-order valence-corrected chi connectivity index (χ2v) is 7.53. The first kappa shape index (κ1) is 23.0. The first-order valence-electron chi connectivity index (χ1n) is 9.81. The van der Waals surface area contributed by atoms with Crippen molar-refractivity contribution in [2.45, 2.75) is 26.2 Å². The smallest absolute Gasteiger partial charge is 0.231 e. The number of hydrogen-bond donors (Lipinski definition) is 2. The normalized spacial score (nSPS) is 17.2. The van der Waals surface area contributed by atoms with Gasteiger partial charge in [-0.25, -0.2) is 0 Å². The molecule has 2 aliphatic rings. The predicted molar refractivity (Wildman–Crippen MR) is 122 cm³/mol. The molecule has 1 saturated heterocycles. The summed E-state index contributed by atoms with van der Waals surface area (Å²) in [6.07, 6.45) is 0. The highest BCUT2D eigenvalue weighted by atomic mass is 127. The maximum Gasteiger partial charge on any atom is 0.231 e. The van der Waals surface area contributed by atoms with Gasteiger partial charge in [-0.05, 0) is 24.6 Å². The van der Waals surface area contributed by atoms with E-state index in [-0.39, 0.29) is 29.4 Å². The molecule has 0 saturated carbocycles. The first-order valence-corrected chi connectivity index (χ1v) is 9.81. The van der Waals surface area contributed by atoms with Crippen LogP contribution in [0.2, 0.25) is 0 Å². The molecule has 0 radical (unpaired) electrons. The number of rotatable bonds is 7. The van der Waals surface area contributed by atoms with E-state index >= 15 is 0 Å². The lowest BCUT2D eigenvalue weighted by atomic mass is 9.84. The summed E-state index contributed by atoms with van der Waals surface area (Å²) in [6.45, 7) is 13.9. The van der Waals surface area contributed by atoms with Gasteiger partial charge in [0, 0.05) is 38.1 Å². The minimum absolute atomic E-state index is 0. The third-order valence-electron chi connectivity index (χ3n) is 4.95. The van der Waals surface area contributed by atoms with Crippen molar-refractivity contribution < 1.29 is 14.2 Å². The molecule has 0 bridgehead atoms. The van der Waals surface area contributed by atoms with Crippen molar-refractivity contribution >= 4 is 29.9 Å². The zero-order valence-corrected chi connectivity index (χ0v) is 19.5. The second-order valence-electron chi connectivity index (χ2n) is 7.53. The maximum atomic E-state index is 5.51. The monoisotopic (exact) mass is 504 g/mol. The average Bonchev–Trinajstić information content (AvgIpc) is 3.15. The van der Waals surface area contributed by atoms with E-state index in [1.54, 1.807) is 0 Å². The lowest BCUT2D eigenvalue weighted by Crippen LogP contribution is -2.44. The van der Waals surface area contributed by atoms with Crippen LogP contribution in [0.15, 0.2) is 23.2 Å².